The fourth-order valence-corrected chi connectivity index (χ4v) is 1.02. The van der Waals surface area contributed by atoms with Crippen LogP contribution in [0.5, 0.6) is 0 Å². The number of nitrogens with zero attached hydrogens (tertiary/aromatic N) is 3. The first kappa shape index (κ1) is 11.7. The van der Waals surface area contributed by atoms with Crippen molar-refractivity contribution in [2.45, 2.75) is 45.8 Å². The van der Waals surface area contributed by atoms with Gasteiger partial charge in [-0.3, -0.25) is 5.32 Å². The van der Waals surface area contributed by atoms with Crippen LogP contribution < -0.4 is 5.32 Å². The molecule has 0 bridgehead atoms. The van der Waals surface area contributed by atoms with Crippen LogP contribution in [0, 0.1) is 12.3 Å². The lowest BCUT2D eigenvalue weighted by atomic mass is 10.1. The third-order valence-corrected chi connectivity index (χ3v) is 2.07. The molecule has 0 fully saturated rings. The maximum atomic E-state index is 5.26. The Kier molecular flexibility index (Phi) is 3.48. The minimum Gasteiger partial charge on any atom is -0.298 e. The largest absolute Gasteiger partial charge is 0.298 e. The van der Waals surface area contributed by atoms with Gasteiger partial charge in [-0.15, -0.1) is 11.5 Å². The molecule has 4 nitrogen and oxygen atoms in total. The van der Waals surface area contributed by atoms with Gasteiger partial charge in [-0.25, -0.2) is 4.68 Å². The molecule has 0 aliphatic heterocycles. The van der Waals surface area contributed by atoms with Crippen molar-refractivity contribution in [1.29, 1.82) is 0 Å². The van der Waals surface area contributed by atoms with Crippen LogP contribution in [0.1, 0.15) is 33.4 Å². The molecule has 1 aromatic heterocycles. The summed E-state index contributed by atoms with van der Waals surface area (Å²) in [5, 5.41) is 11.3. The molecule has 4 heteroatoms. The van der Waals surface area contributed by atoms with E-state index in [4.69, 9.17) is 6.42 Å². The highest BCUT2D eigenvalue weighted by Crippen LogP contribution is 2.11. The number of terminal acetylenes is 1. The zero-order valence-corrected chi connectivity index (χ0v) is 9.78. The number of hydrogen-bond acceptors (Lipinski definition) is 3. The molecule has 1 N–H and O–H groups in total. The summed E-state index contributed by atoms with van der Waals surface area (Å²) >= 11 is 0. The second kappa shape index (κ2) is 4.45. The van der Waals surface area contributed by atoms with E-state index in [1.165, 1.54) is 0 Å². The summed E-state index contributed by atoms with van der Waals surface area (Å²) in [6.07, 6.45) is 7.20. The quantitative estimate of drug-likeness (QED) is 0.754. The van der Waals surface area contributed by atoms with Crippen molar-refractivity contribution in [3.8, 4) is 12.3 Å². The van der Waals surface area contributed by atoms with E-state index in [-0.39, 0.29) is 11.6 Å². The van der Waals surface area contributed by atoms with Crippen molar-refractivity contribution in [1.82, 2.24) is 20.3 Å². The van der Waals surface area contributed by atoms with Gasteiger partial charge in [0.05, 0.1) is 23.5 Å². The fraction of sp³-hybridized carbons (Fsp3) is 0.636. The predicted molar refractivity (Wildman–Crippen MR) is 60.2 cm³/mol. The highest BCUT2D eigenvalue weighted by Gasteiger charge is 2.14. The van der Waals surface area contributed by atoms with Gasteiger partial charge >= 0.3 is 0 Å². The van der Waals surface area contributed by atoms with E-state index in [0.717, 1.165) is 5.69 Å². The van der Waals surface area contributed by atoms with Gasteiger partial charge < -0.3 is 0 Å². The zero-order chi connectivity index (χ0) is 11.5. The number of nitrogens with one attached hydrogen (secondary N) is 1. The molecule has 1 aromatic rings. The maximum Gasteiger partial charge on any atom is 0.0965 e. The molecular formula is C11H18N4. The van der Waals surface area contributed by atoms with E-state index in [9.17, 15) is 0 Å². The van der Waals surface area contributed by atoms with Crippen LogP contribution in [-0.4, -0.2) is 21.0 Å². The normalized spacial score (nSPS) is 13.5. The van der Waals surface area contributed by atoms with Crippen molar-refractivity contribution in [2.24, 2.45) is 0 Å². The van der Waals surface area contributed by atoms with E-state index < -0.39 is 0 Å². The second-order valence-electron chi connectivity index (χ2n) is 4.59. The Hall–Kier alpha value is -1.34. The Bertz CT molecular complexity index is 353. The summed E-state index contributed by atoms with van der Waals surface area (Å²) in [4.78, 5) is 0. The van der Waals surface area contributed by atoms with Crippen LogP contribution in [0.4, 0.5) is 0 Å². The molecule has 0 aromatic carbocycles. The average Bonchev–Trinajstić information content (AvgIpc) is 2.61. The van der Waals surface area contributed by atoms with E-state index >= 15 is 0 Å². The summed E-state index contributed by atoms with van der Waals surface area (Å²) in [6.45, 7) is 8.85. The molecule has 0 amide bonds. The monoisotopic (exact) mass is 206 g/mol. The molecule has 0 aliphatic rings. The molecule has 82 valence electrons. The van der Waals surface area contributed by atoms with Crippen molar-refractivity contribution in [3.63, 3.8) is 0 Å². The number of hydrogen-bond donors (Lipinski definition) is 1. The highest BCUT2D eigenvalue weighted by atomic mass is 15.4. The first-order valence-corrected chi connectivity index (χ1v) is 5.04. The molecule has 0 saturated carbocycles. The number of rotatable bonds is 3. The van der Waals surface area contributed by atoms with Gasteiger partial charge in [0.15, 0.2) is 0 Å². The molecule has 1 unspecified atom stereocenters. The van der Waals surface area contributed by atoms with Crippen LogP contribution in [0.15, 0.2) is 6.20 Å². The summed E-state index contributed by atoms with van der Waals surface area (Å²) < 4.78 is 1.85. The summed E-state index contributed by atoms with van der Waals surface area (Å²) in [5.74, 6) is 2.61. The van der Waals surface area contributed by atoms with Gasteiger partial charge in [0.2, 0.25) is 0 Å². The van der Waals surface area contributed by atoms with Crippen molar-refractivity contribution in [2.75, 3.05) is 0 Å². The van der Waals surface area contributed by atoms with Crippen LogP contribution in [0.3, 0.4) is 0 Å². The smallest absolute Gasteiger partial charge is 0.0965 e. The van der Waals surface area contributed by atoms with Crippen LogP contribution in [-0.2, 0) is 12.1 Å². The van der Waals surface area contributed by atoms with E-state index in [1.54, 1.807) is 0 Å². The average molecular weight is 206 g/mol. The van der Waals surface area contributed by atoms with Gasteiger partial charge in [0.25, 0.3) is 0 Å². The van der Waals surface area contributed by atoms with Gasteiger partial charge in [0.1, 0.15) is 0 Å². The van der Waals surface area contributed by atoms with Crippen LogP contribution in [0.2, 0.25) is 0 Å². The first-order valence-electron chi connectivity index (χ1n) is 5.04. The van der Waals surface area contributed by atoms with E-state index in [1.807, 2.05) is 17.8 Å². The lowest BCUT2D eigenvalue weighted by Crippen LogP contribution is -2.24. The predicted octanol–water partition coefficient (Wildman–Crippen LogP) is 1.14. The Morgan fingerprint density at radius 3 is 2.73 bits per heavy atom. The molecule has 1 atom stereocenters. The van der Waals surface area contributed by atoms with E-state index in [0.29, 0.717) is 6.54 Å². The summed E-state index contributed by atoms with van der Waals surface area (Å²) in [6, 6.07) is 0.0600. The third kappa shape index (κ3) is 3.37. The molecule has 0 aliphatic carbocycles. The molecule has 15 heavy (non-hydrogen) atoms. The van der Waals surface area contributed by atoms with Crippen molar-refractivity contribution >= 4 is 0 Å². The molecule has 0 radical (unpaired) electrons. The fourth-order valence-electron chi connectivity index (χ4n) is 1.02. The Morgan fingerprint density at radius 2 is 2.27 bits per heavy atom. The topological polar surface area (TPSA) is 42.7 Å². The Morgan fingerprint density at radius 1 is 1.60 bits per heavy atom. The Balaban J connectivity index is 2.59. The van der Waals surface area contributed by atoms with Crippen LogP contribution >= 0.6 is 0 Å². The third-order valence-electron chi connectivity index (χ3n) is 2.07. The van der Waals surface area contributed by atoms with Gasteiger partial charge in [-0.2, -0.15) is 0 Å². The van der Waals surface area contributed by atoms with E-state index in [2.05, 4.69) is 42.3 Å². The number of aromatic nitrogens is 3. The lowest BCUT2D eigenvalue weighted by Gasteiger charge is -2.17. The molecular weight excluding hydrogens is 188 g/mol. The molecule has 1 rings (SSSR count). The van der Waals surface area contributed by atoms with Gasteiger partial charge in [-0.1, -0.05) is 11.1 Å². The second-order valence-corrected chi connectivity index (χ2v) is 4.59. The van der Waals surface area contributed by atoms with Crippen LogP contribution in [0.25, 0.3) is 0 Å². The van der Waals surface area contributed by atoms with Gasteiger partial charge in [-0.05, 0) is 27.7 Å². The highest BCUT2D eigenvalue weighted by molar-refractivity contribution is 4.99. The molecule has 1 heterocycles. The Labute approximate surface area is 91.1 Å². The summed E-state index contributed by atoms with van der Waals surface area (Å²) in [7, 11) is 0. The zero-order valence-electron chi connectivity index (χ0n) is 9.78. The standard InChI is InChI=1S/C11H18N4/c1-6-9(2)12-7-10-8-15(14-13-10)11(3,4)5/h1,8-9,12H,7H2,2-5H3. The first-order chi connectivity index (χ1) is 6.93. The van der Waals surface area contributed by atoms with Gasteiger partial charge in [0, 0.05) is 6.54 Å². The van der Waals surface area contributed by atoms with Crippen molar-refractivity contribution in [3.05, 3.63) is 11.9 Å². The minimum atomic E-state index is -0.0248. The lowest BCUT2D eigenvalue weighted by molar-refractivity contribution is 0.347. The SMILES string of the molecule is C#CC(C)NCc1cn(C(C)(C)C)nn1. The summed E-state index contributed by atoms with van der Waals surface area (Å²) in [5.41, 5.74) is 0.884. The minimum absolute atomic E-state index is 0.0248. The molecule has 0 saturated heterocycles. The maximum absolute atomic E-state index is 5.26. The van der Waals surface area contributed by atoms with Crippen molar-refractivity contribution < 1.29 is 0 Å². The molecule has 0 spiro atoms.